The summed E-state index contributed by atoms with van der Waals surface area (Å²) in [6, 6.07) is 16.5. The topological polar surface area (TPSA) is 85.7 Å². The van der Waals surface area contributed by atoms with Crippen molar-refractivity contribution in [2.75, 3.05) is 7.11 Å². The minimum atomic E-state index is -0.808. The smallest absolute Gasteiger partial charge is 0.343 e. The molecule has 6 heteroatoms. The molecule has 0 radical (unpaired) electrons. The van der Waals surface area contributed by atoms with Crippen molar-refractivity contribution in [1.82, 2.24) is 4.98 Å². The van der Waals surface area contributed by atoms with Crippen molar-refractivity contribution >= 4 is 11.9 Å². The van der Waals surface area contributed by atoms with E-state index in [4.69, 9.17) is 9.47 Å². The molecule has 6 nitrogen and oxygen atoms in total. The van der Waals surface area contributed by atoms with Gasteiger partial charge in [-0.2, -0.15) is 0 Å². The van der Waals surface area contributed by atoms with Gasteiger partial charge in [-0.25, -0.2) is 9.78 Å². The second-order valence-corrected chi connectivity index (χ2v) is 8.57. The second-order valence-electron chi connectivity index (χ2n) is 8.57. The number of carbonyl (C=O) groups is 2. The van der Waals surface area contributed by atoms with E-state index in [0.717, 1.165) is 35.1 Å². The van der Waals surface area contributed by atoms with Crippen molar-refractivity contribution in [1.29, 1.82) is 0 Å². The van der Waals surface area contributed by atoms with Gasteiger partial charge in [0.1, 0.15) is 5.75 Å². The number of aryl methyl sites for hydroxylation is 1. The van der Waals surface area contributed by atoms with Crippen LogP contribution in [-0.4, -0.2) is 29.1 Å². The summed E-state index contributed by atoms with van der Waals surface area (Å²) < 4.78 is 10.9. The maximum absolute atomic E-state index is 12.9. The van der Waals surface area contributed by atoms with Gasteiger partial charge >= 0.3 is 11.9 Å². The first-order valence-corrected chi connectivity index (χ1v) is 11.0. The highest BCUT2D eigenvalue weighted by Gasteiger charge is 2.38. The maximum Gasteiger partial charge on any atom is 0.343 e. The number of hydrogen-bond acceptors (Lipinski definition) is 5. The van der Waals surface area contributed by atoms with E-state index in [1.54, 1.807) is 38.4 Å². The molecule has 170 valence electrons. The van der Waals surface area contributed by atoms with E-state index in [1.807, 2.05) is 43.3 Å². The number of ether oxygens (including phenoxy) is 2. The Labute approximate surface area is 193 Å². The van der Waals surface area contributed by atoms with Crippen LogP contribution in [0.15, 0.2) is 60.8 Å². The lowest BCUT2D eigenvalue weighted by Crippen LogP contribution is -2.20. The monoisotopic (exact) mass is 445 g/mol. The number of aromatic nitrogens is 1. The summed E-state index contributed by atoms with van der Waals surface area (Å²) in [5.41, 5.74) is 4.05. The van der Waals surface area contributed by atoms with Crippen LogP contribution in [-0.2, 0) is 4.79 Å². The zero-order chi connectivity index (χ0) is 23.5. The molecule has 2 atom stereocenters. The fourth-order valence-electron chi connectivity index (χ4n) is 4.30. The summed E-state index contributed by atoms with van der Waals surface area (Å²) in [7, 11) is 1.57. The van der Waals surface area contributed by atoms with Crippen LogP contribution in [0, 0.1) is 18.8 Å². The molecule has 3 aromatic rings. The fourth-order valence-corrected chi connectivity index (χ4v) is 4.30. The van der Waals surface area contributed by atoms with E-state index in [2.05, 4.69) is 4.98 Å². The predicted molar refractivity (Wildman–Crippen MR) is 125 cm³/mol. The third-order valence-electron chi connectivity index (χ3n) is 6.24. The van der Waals surface area contributed by atoms with Crippen LogP contribution in [0.4, 0.5) is 0 Å². The first-order chi connectivity index (χ1) is 15.9. The number of carbonyl (C=O) groups excluding carboxylic acids is 1. The molecular weight excluding hydrogens is 418 g/mol. The third-order valence-corrected chi connectivity index (χ3v) is 6.24. The largest absolute Gasteiger partial charge is 0.481 e. The summed E-state index contributed by atoms with van der Waals surface area (Å²) in [5.74, 6) is -0.527. The van der Waals surface area contributed by atoms with Crippen LogP contribution in [0.3, 0.4) is 0 Å². The maximum atomic E-state index is 12.9. The van der Waals surface area contributed by atoms with Crippen molar-refractivity contribution in [2.45, 2.75) is 32.6 Å². The third kappa shape index (κ3) is 5.06. The van der Waals surface area contributed by atoms with Crippen molar-refractivity contribution in [3.05, 3.63) is 77.5 Å². The molecule has 1 aromatic heterocycles. The molecule has 1 heterocycles. The molecule has 1 fully saturated rings. The Hall–Kier alpha value is -3.67. The van der Waals surface area contributed by atoms with Gasteiger partial charge in [-0.1, -0.05) is 31.2 Å². The van der Waals surface area contributed by atoms with Crippen LogP contribution in [0.2, 0.25) is 0 Å². The van der Waals surface area contributed by atoms with E-state index >= 15 is 0 Å². The summed E-state index contributed by atoms with van der Waals surface area (Å²) in [5, 5.41) is 9.52. The molecule has 0 unspecified atom stereocenters. The van der Waals surface area contributed by atoms with Crippen molar-refractivity contribution in [3.8, 4) is 22.8 Å². The highest BCUT2D eigenvalue weighted by atomic mass is 16.5. The highest BCUT2D eigenvalue weighted by molar-refractivity contribution is 5.93. The molecule has 1 aliphatic rings. The average Bonchev–Trinajstić information content (AvgIpc) is 3.64. The van der Waals surface area contributed by atoms with Crippen LogP contribution in [0.1, 0.15) is 47.2 Å². The summed E-state index contributed by atoms with van der Waals surface area (Å²) in [4.78, 5) is 28.6. The standard InChI is InChI=1S/C27H27NO5/c1-16-13-19(20-11-12-28-24(15-20)32-3)9-10-23(16)27(31)33-22-6-4-5-21(14-22)25(18-7-8-18)17(2)26(29)30/h4-6,9-15,17-18,25H,7-8H2,1-3H3,(H,29,30)/t17-,25-/m0/s1. The zero-order valence-electron chi connectivity index (χ0n) is 18.9. The van der Waals surface area contributed by atoms with Gasteiger partial charge in [-0.05, 0) is 78.1 Å². The SMILES string of the molecule is COc1cc(-c2ccc(C(=O)Oc3cccc([C@H](C4CC4)[C@H](C)C(=O)O)c3)c(C)c2)ccn1. The number of aliphatic carboxylic acids is 1. The fraction of sp³-hybridized carbons (Fsp3) is 0.296. The number of benzene rings is 2. The Morgan fingerprint density at radius 2 is 1.82 bits per heavy atom. The lowest BCUT2D eigenvalue weighted by atomic mass is 9.83. The van der Waals surface area contributed by atoms with Crippen LogP contribution < -0.4 is 9.47 Å². The average molecular weight is 446 g/mol. The Kier molecular flexibility index (Phi) is 6.45. The summed E-state index contributed by atoms with van der Waals surface area (Å²) in [6.07, 6.45) is 3.74. The van der Waals surface area contributed by atoms with Crippen LogP contribution in [0.5, 0.6) is 11.6 Å². The number of pyridine rings is 1. The summed E-state index contributed by atoms with van der Waals surface area (Å²) >= 11 is 0. The van der Waals surface area contributed by atoms with E-state index in [1.165, 1.54) is 0 Å². The number of carboxylic acids is 1. The van der Waals surface area contributed by atoms with Gasteiger partial charge in [-0.15, -0.1) is 0 Å². The van der Waals surface area contributed by atoms with E-state index in [9.17, 15) is 14.7 Å². The summed E-state index contributed by atoms with van der Waals surface area (Å²) in [6.45, 7) is 3.61. The molecule has 1 saturated carbocycles. The second kappa shape index (κ2) is 9.45. The van der Waals surface area contributed by atoms with E-state index in [-0.39, 0.29) is 5.92 Å². The molecule has 4 rings (SSSR count). The number of nitrogens with zero attached hydrogens (tertiary/aromatic N) is 1. The zero-order valence-corrected chi connectivity index (χ0v) is 18.9. The molecular formula is C27H27NO5. The Morgan fingerprint density at radius 3 is 2.48 bits per heavy atom. The molecule has 1 N–H and O–H groups in total. The van der Waals surface area contributed by atoms with Gasteiger partial charge in [0.05, 0.1) is 18.6 Å². The van der Waals surface area contributed by atoms with Gasteiger partial charge < -0.3 is 14.6 Å². The Bertz CT molecular complexity index is 1180. The van der Waals surface area contributed by atoms with Crippen molar-refractivity contribution < 1.29 is 24.2 Å². The molecule has 0 bridgehead atoms. The first kappa shape index (κ1) is 22.5. The number of esters is 1. The molecule has 2 aromatic carbocycles. The molecule has 1 aliphatic carbocycles. The van der Waals surface area contributed by atoms with Crippen LogP contribution in [0.25, 0.3) is 11.1 Å². The Balaban J connectivity index is 1.54. The van der Waals surface area contributed by atoms with E-state index < -0.39 is 17.9 Å². The van der Waals surface area contributed by atoms with Gasteiger partial charge in [0.25, 0.3) is 0 Å². The van der Waals surface area contributed by atoms with Gasteiger partial charge in [0.2, 0.25) is 5.88 Å². The first-order valence-electron chi connectivity index (χ1n) is 11.0. The molecule has 0 saturated heterocycles. The van der Waals surface area contributed by atoms with Crippen LogP contribution >= 0.6 is 0 Å². The molecule has 0 aliphatic heterocycles. The Morgan fingerprint density at radius 1 is 1.06 bits per heavy atom. The number of carboxylic acid groups (broad SMARTS) is 1. The lowest BCUT2D eigenvalue weighted by molar-refractivity contribution is -0.142. The molecule has 0 amide bonds. The van der Waals surface area contributed by atoms with Gasteiger partial charge in [0, 0.05) is 12.3 Å². The minimum absolute atomic E-state index is 0.0838. The number of rotatable bonds is 8. The molecule has 0 spiro atoms. The normalized spacial score (nSPS) is 14.9. The van der Waals surface area contributed by atoms with Gasteiger partial charge in [-0.3, -0.25) is 4.79 Å². The van der Waals surface area contributed by atoms with Gasteiger partial charge in [0.15, 0.2) is 0 Å². The quantitative estimate of drug-likeness (QED) is 0.364. The highest BCUT2D eigenvalue weighted by Crippen LogP contribution is 2.47. The number of methoxy groups -OCH3 is 1. The minimum Gasteiger partial charge on any atom is -0.481 e. The van der Waals surface area contributed by atoms with E-state index in [0.29, 0.717) is 23.1 Å². The molecule has 33 heavy (non-hydrogen) atoms. The lowest BCUT2D eigenvalue weighted by Gasteiger charge is -2.21. The van der Waals surface area contributed by atoms with Crippen molar-refractivity contribution in [3.63, 3.8) is 0 Å². The predicted octanol–water partition coefficient (Wildman–Crippen LogP) is 5.50. The number of hydrogen-bond donors (Lipinski definition) is 1. The van der Waals surface area contributed by atoms with Crippen molar-refractivity contribution in [2.24, 2.45) is 11.8 Å².